The number of nitrogens with one attached hydrogen (secondary N) is 1. The molecular weight excluding hydrogens is 458 g/mol. The molecule has 0 aromatic heterocycles. The van der Waals surface area contributed by atoms with Gasteiger partial charge in [0.1, 0.15) is 6.04 Å². The first-order valence-corrected chi connectivity index (χ1v) is 11.2. The fourth-order valence-electron chi connectivity index (χ4n) is 4.32. The number of carbonyl (C=O) groups excluding carboxylic acids is 2. The quantitative estimate of drug-likeness (QED) is 0.364. The van der Waals surface area contributed by atoms with E-state index in [4.69, 9.17) is 11.6 Å². The van der Waals surface area contributed by atoms with Gasteiger partial charge < -0.3 is 15.3 Å². The zero-order valence-corrected chi connectivity index (χ0v) is 20.1. The highest BCUT2D eigenvalue weighted by Gasteiger charge is 2.50. The molecule has 3 rings (SSSR count). The molecular formula is C25H28ClN3O5. The zero-order chi connectivity index (χ0) is 25.3. The van der Waals surface area contributed by atoms with Crippen molar-refractivity contribution >= 4 is 29.1 Å². The Labute approximate surface area is 203 Å². The molecule has 1 fully saturated rings. The van der Waals surface area contributed by atoms with Crippen LogP contribution in [0.5, 0.6) is 0 Å². The third-order valence-electron chi connectivity index (χ3n) is 6.42. The van der Waals surface area contributed by atoms with Gasteiger partial charge in [0.2, 0.25) is 5.91 Å². The van der Waals surface area contributed by atoms with Crippen LogP contribution < -0.4 is 5.32 Å². The number of carbonyl (C=O) groups is 2. The predicted molar refractivity (Wildman–Crippen MR) is 129 cm³/mol. The van der Waals surface area contributed by atoms with E-state index >= 15 is 0 Å². The second-order valence-electron chi connectivity index (χ2n) is 9.32. The Morgan fingerprint density at radius 3 is 2.44 bits per heavy atom. The van der Waals surface area contributed by atoms with Gasteiger partial charge in [-0.05, 0) is 42.7 Å². The summed E-state index contributed by atoms with van der Waals surface area (Å²) >= 11 is 6.00. The van der Waals surface area contributed by atoms with Gasteiger partial charge in [0, 0.05) is 41.2 Å². The fraction of sp³-hybridized carbons (Fsp3) is 0.360. The van der Waals surface area contributed by atoms with Crippen LogP contribution in [-0.4, -0.2) is 45.9 Å². The van der Waals surface area contributed by atoms with Gasteiger partial charge in [0.15, 0.2) is 0 Å². The van der Waals surface area contributed by atoms with Crippen LogP contribution in [0.15, 0.2) is 60.7 Å². The predicted octanol–water partition coefficient (Wildman–Crippen LogP) is 4.07. The fourth-order valence-corrected chi connectivity index (χ4v) is 4.45. The van der Waals surface area contributed by atoms with Crippen molar-refractivity contribution < 1.29 is 19.6 Å². The summed E-state index contributed by atoms with van der Waals surface area (Å²) in [6.07, 6.45) is 0.301. The van der Waals surface area contributed by atoms with Gasteiger partial charge in [0.05, 0.1) is 10.5 Å². The maximum Gasteiger partial charge on any atom is 0.270 e. The maximum absolute atomic E-state index is 13.4. The molecule has 0 spiro atoms. The Balaban J connectivity index is 1.78. The molecule has 0 bridgehead atoms. The van der Waals surface area contributed by atoms with Crippen LogP contribution in [-0.2, 0) is 10.4 Å². The Morgan fingerprint density at radius 1 is 1.24 bits per heavy atom. The van der Waals surface area contributed by atoms with Crippen molar-refractivity contribution in [2.75, 3.05) is 13.1 Å². The molecule has 1 heterocycles. The molecule has 0 saturated carbocycles. The van der Waals surface area contributed by atoms with E-state index in [2.05, 4.69) is 11.9 Å². The third-order valence-corrected chi connectivity index (χ3v) is 6.67. The van der Waals surface area contributed by atoms with E-state index in [1.165, 1.54) is 18.2 Å². The largest absolute Gasteiger partial charge is 0.384 e. The van der Waals surface area contributed by atoms with Gasteiger partial charge in [-0.25, -0.2) is 0 Å². The van der Waals surface area contributed by atoms with Crippen molar-refractivity contribution in [2.24, 2.45) is 5.41 Å². The molecule has 0 aliphatic carbocycles. The number of non-ortho nitro benzene ring substituents is 1. The molecule has 2 aromatic rings. The summed E-state index contributed by atoms with van der Waals surface area (Å²) in [6, 6.07) is 11.3. The summed E-state index contributed by atoms with van der Waals surface area (Å²) in [5.74, 6) is -0.962. The molecule has 9 heteroatoms. The van der Waals surface area contributed by atoms with Crippen molar-refractivity contribution in [3.05, 3.63) is 86.9 Å². The van der Waals surface area contributed by atoms with Crippen LogP contribution in [0.25, 0.3) is 0 Å². The highest BCUT2D eigenvalue weighted by atomic mass is 35.5. The van der Waals surface area contributed by atoms with E-state index in [9.17, 15) is 24.8 Å². The van der Waals surface area contributed by atoms with E-state index in [-0.39, 0.29) is 30.2 Å². The van der Waals surface area contributed by atoms with Crippen molar-refractivity contribution in [1.29, 1.82) is 0 Å². The molecule has 34 heavy (non-hydrogen) atoms. The third kappa shape index (κ3) is 4.98. The summed E-state index contributed by atoms with van der Waals surface area (Å²) in [4.78, 5) is 38.2. The zero-order valence-electron chi connectivity index (χ0n) is 19.4. The number of benzene rings is 2. The van der Waals surface area contributed by atoms with E-state index in [0.717, 1.165) is 11.6 Å². The minimum atomic E-state index is -1.17. The Morgan fingerprint density at radius 2 is 1.88 bits per heavy atom. The summed E-state index contributed by atoms with van der Waals surface area (Å²) in [5.41, 5.74) is -0.850. The van der Waals surface area contributed by atoms with Crippen LogP contribution in [0.4, 0.5) is 5.69 Å². The molecule has 1 aliphatic heterocycles. The van der Waals surface area contributed by atoms with E-state index < -0.39 is 27.9 Å². The SMILES string of the molecule is C=C(C)[C@@H](NC(=O)c1cccc([N+](=O)[O-])c1)C(=O)N1CC[C@](O)(c2ccc(Cl)cc2)C(C)(C)C1. The molecule has 0 radical (unpaired) electrons. The summed E-state index contributed by atoms with van der Waals surface area (Å²) in [5, 5.41) is 25.8. The Hall–Kier alpha value is -3.23. The molecule has 1 saturated heterocycles. The average molecular weight is 486 g/mol. The van der Waals surface area contributed by atoms with Crippen LogP contribution in [0, 0.1) is 15.5 Å². The standard InChI is InChI=1S/C25H28ClN3O5/c1-16(2)21(27-22(30)17-6-5-7-20(14-17)29(33)34)23(31)28-13-12-25(32,24(3,4)15-28)18-8-10-19(26)11-9-18/h5-11,14,21,32H,1,12-13,15H2,2-4H3,(H,27,30)/t21-,25+/m1/s1. The van der Waals surface area contributed by atoms with E-state index in [0.29, 0.717) is 17.0 Å². The number of amides is 2. The summed E-state index contributed by atoms with van der Waals surface area (Å²) in [6.45, 7) is 9.79. The van der Waals surface area contributed by atoms with Crippen LogP contribution in [0.2, 0.25) is 5.02 Å². The number of nitro groups is 1. The topological polar surface area (TPSA) is 113 Å². The number of hydrogen-bond acceptors (Lipinski definition) is 5. The Bertz CT molecular complexity index is 1130. The van der Waals surface area contributed by atoms with Gasteiger partial charge in [0.25, 0.3) is 11.6 Å². The van der Waals surface area contributed by atoms with Crippen LogP contribution in [0.1, 0.15) is 43.1 Å². The number of nitrogens with zero attached hydrogens (tertiary/aromatic N) is 2. The lowest BCUT2D eigenvalue weighted by Crippen LogP contribution is -2.60. The number of aliphatic hydroxyl groups is 1. The number of hydrogen-bond donors (Lipinski definition) is 2. The van der Waals surface area contributed by atoms with Crippen molar-refractivity contribution in [3.63, 3.8) is 0 Å². The van der Waals surface area contributed by atoms with Gasteiger partial charge in [-0.1, -0.05) is 50.2 Å². The highest BCUT2D eigenvalue weighted by molar-refractivity contribution is 6.30. The van der Waals surface area contributed by atoms with E-state index in [1.807, 2.05) is 13.8 Å². The number of halogens is 1. The first kappa shape index (κ1) is 25.4. The molecule has 0 unspecified atom stereocenters. The Kier molecular flexibility index (Phi) is 7.14. The normalized spacial score (nSPS) is 20.3. The number of piperidine rings is 1. The van der Waals surface area contributed by atoms with Crippen molar-refractivity contribution in [3.8, 4) is 0 Å². The number of rotatable bonds is 6. The molecule has 180 valence electrons. The van der Waals surface area contributed by atoms with Gasteiger partial charge in [-0.2, -0.15) is 0 Å². The molecule has 8 nitrogen and oxygen atoms in total. The molecule has 2 atom stereocenters. The molecule has 2 aromatic carbocycles. The summed E-state index contributed by atoms with van der Waals surface area (Å²) in [7, 11) is 0. The van der Waals surface area contributed by atoms with Gasteiger partial charge in [-0.3, -0.25) is 19.7 Å². The van der Waals surface area contributed by atoms with Gasteiger partial charge in [-0.15, -0.1) is 0 Å². The lowest BCUT2D eigenvalue weighted by atomic mass is 9.66. The smallest absolute Gasteiger partial charge is 0.270 e. The summed E-state index contributed by atoms with van der Waals surface area (Å²) < 4.78 is 0. The van der Waals surface area contributed by atoms with Gasteiger partial charge >= 0.3 is 0 Å². The first-order chi connectivity index (χ1) is 15.9. The lowest BCUT2D eigenvalue weighted by Gasteiger charge is -2.51. The molecule has 2 N–H and O–H groups in total. The number of nitro benzene ring substituents is 1. The minimum Gasteiger partial charge on any atom is -0.384 e. The van der Waals surface area contributed by atoms with E-state index in [1.54, 1.807) is 36.1 Å². The highest BCUT2D eigenvalue weighted by Crippen LogP contribution is 2.46. The average Bonchev–Trinajstić information content (AvgIpc) is 2.78. The second-order valence-corrected chi connectivity index (χ2v) is 9.76. The monoisotopic (exact) mass is 485 g/mol. The first-order valence-electron chi connectivity index (χ1n) is 10.8. The minimum absolute atomic E-state index is 0.0735. The van der Waals surface area contributed by atoms with Crippen LogP contribution >= 0.6 is 11.6 Å². The second kappa shape index (κ2) is 9.56. The van der Waals surface area contributed by atoms with Crippen molar-refractivity contribution in [1.82, 2.24) is 10.2 Å². The molecule has 2 amide bonds. The number of likely N-dealkylation sites (tertiary alicyclic amines) is 1. The lowest BCUT2D eigenvalue weighted by molar-refractivity contribution is -0.384. The maximum atomic E-state index is 13.4. The van der Waals surface area contributed by atoms with Crippen molar-refractivity contribution in [2.45, 2.75) is 38.8 Å². The molecule has 1 aliphatic rings. The van der Waals surface area contributed by atoms with Crippen LogP contribution in [0.3, 0.4) is 0 Å².